The third-order valence-corrected chi connectivity index (χ3v) is 7.45. The van der Waals surface area contributed by atoms with E-state index in [9.17, 15) is 18.4 Å². The van der Waals surface area contributed by atoms with Crippen molar-refractivity contribution < 1.29 is 32.6 Å². The van der Waals surface area contributed by atoms with Crippen LogP contribution in [0.25, 0.3) is 22.3 Å². The SMILES string of the molecule is COc1cc(-c2cc3ncn(C(F)F)c3c(O[C@H](C)C3CNC(=O)C3)n2)ccc1N1CCN(C(=O)OC(C)(C)C)CC1. The first-order valence-corrected chi connectivity index (χ1v) is 13.9. The number of anilines is 1. The molecule has 42 heavy (non-hydrogen) atoms. The lowest BCUT2D eigenvalue weighted by Crippen LogP contribution is -2.50. The standard InChI is InChI=1S/C29H36F2N6O5/c1-17(19-13-24(38)32-15-19)41-26-25-21(33-16-37(25)27(30)31)14-20(34-26)18-6-7-22(23(12-18)40-5)35-8-10-36(11-9-35)28(39)42-29(2,3)4/h6-7,12,14,16-17,19,27H,8-11,13,15H2,1-5H3,(H,32,38)/t17-,19?/m1/s1. The van der Waals surface area contributed by atoms with Crippen LogP contribution in [-0.2, 0) is 9.53 Å². The number of carbonyl (C=O) groups excluding carboxylic acids is 2. The number of halogens is 2. The van der Waals surface area contributed by atoms with E-state index in [1.54, 1.807) is 25.0 Å². The number of piperazine rings is 1. The quantitative estimate of drug-likeness (QED) is 0.432. The zero-order valence-electron chi connectivity index (χ0n) is 24.4. The number of amides is 2. The smallest absolute Gasteiger partial charge is 0.410 e. The Morgan fingerprint density at radius 2 is 1.88 bits per heavy atom. The van der Waals surface area contributed by atoms with E-state index in [0.717, 1.165) is 16.6 Å². The fraction of sp³-hybridized carbons (Fsp3) is 0.517. The van der Waals surface area contributed by atoms with Crippen molar-refractivity contribution in [1.82, 2.24) is 24.8 Å². The molecule has 2 atom stereocenters. The van der Waals surface area contributed by atoms with Crippen molar-refractivity contribution in [2.75, 3.05) is 44.7 Å². The minimum atomic E-state index is -2.83. The molecule has 0 radical (unpaired) electrons. The third-order valence-electron chi connectivity index (χ3n) is 7.45. The fourth-order valence-corrected chi connectivity index (χ4v) is 5.19. The molecule has 0 saturated carbocycles. The molecule has 2 aliphatic heterocycles. The zero-order chi connectivity index (χ0) is 30.2. The Kier molecular flexibility index (Phi) is 8.11. The van der Waals surface area contributed by atoms with Crippen LogP contribution < -0.4 is 19.7 Å². The highest BCUT2D eigenvalue weighted by Gasteiger charge is 2.30. The molecule has 0 bridgehead atoms. The molecule has 11 nitrogen and oxygen atoms in total. The molecule has 5 rings (SSSR count). The number of fused-ring (bicyclic) bond motifs is 1. The number of benzene rings is 1. The number of imidazole rings is 1. The third kappa shape index (κ3) is 6.19. The first-order valence-electron chi connectivity index (χ1n) is 13.9. The lowest BCUT2D eigenvalue weighted by atomic mass is 10.0. The van der Waals surface area contributed by atoms with Gasteiger partial charge in [-0.3, -0.25) is 9.36 Å². The summed E-state index contributed by atoms with van der Waals surface area (Å²) >= 11 is 0. The Bertz CT molecular complexity index is 1460. The average Bonchev–Trinajstić information content (AvgIpc) is 3.58. The van der Waals surface area contributed by atoms with E-state index < -0.39 is 18.3 Å². The summed E-state index contributed by atoms with van der Waals surface area (Å²) in [6.07, 6.45) is 0.582. The number of nitrogens with zero attached hydrogens (tertiary/aromatic N) is 5. The normalized spacial score (nSPS) is 18.4. The van der Waals surface area contributed by atoms with E-state index in [2.05, 4.69) is 20.2 Å². The van der Waals surface area contributed by atoms with Crippen LogP contribution in [-0.4, -0.2) is 83.0 Å². The molecular formula is C29H36F2N6O5. The van der Waals surface area contributed by atoms with Crippen molar-refractivity contribution in [1.29, 1.82) is 0 Å². The number of carbonyl (C=O) groups is 2. The van der Waals surface area contributed by atoms with E-state index in [4.69, 9.17) is 14.2 Å². The number of methoxy groups -OCH3 is 1. The van der Waals surface area contributed by atoms with E-state index in [0.29, 0.717) is 61.7 Å². The molecule has 226 valence electrons. The predicted octanol–water partition coefficient (Wildman–Crippen LogP) is 4.46. The molecule has 0 spiro atoms. The Morgan fingerprint density at radius 3 is 2.50 bits per heavy atom. The summed E-state index contributed by atoms with van der Waals surface area (Å²) in [6.45, 7) is 7.15. The largest absolute Gasteiger partial charge is 0.495 e. The van der Waals surface area contributed by atoms with Crippen LogP contribution in [0, 0.1) is 5.92 Å². The van der Waals surface area contributed by atoms with E-state index in [-0.39, 0.29) is 29.3 Å². The monoisotopic (exact) mass is 586 g/mol. The number of alkyl halides is 2. The second kappa shape index (κ2) is 11.6. The number of hydrogen-bond donors (Lipinski definition) is 1. The summed E-state index contributed by atoms with van der Waals surface area (Å²) in [6, 6.07) is 7.27. The average molecular weight is 587 g/mol. The summed E-state index contributed by atoms with van der Waals surface area (Å²) in [5.74, 6) is 0.438. The summed E-state index contributed by atoms with van der Waals surface area (Å²) in [4.78, 5) is 36.9. The molecule has 1 aromatic carbocycles. The number of nitrogens with one attached hydrogen (secondary N) is 1. The maximum atomic E-state index is 13.8. The van der Waals surface area contributed by atoms with Crippen molar-refractivity contribution >= 4 is 28.7 Å². The predicted molar refractivity (Wildman–Crippen MR) is 152 cm³/mol. The highest BCUT2D eigenvalue weighted by molar-refractivity contribution is 5.85. The van der Waals surface area contributed by atoms with Crippen molar-refractivity contribution in [3.8, 4) is 22.9 Å². The van der Waals surface area contributed by atoms with Crippen LogP contribution in [0.1, 0.15) is 40.7 Å². The van der Waals surface area contributed by atoms with Gasteiger partial charge in [-0.1, -0.05) is 6.07 Å². The molecular weight excluding hydrogens is 550 g/mol. The summed E-state index contributed by atoms with van der Waals surface area (Å²) in [5.41, 5.74) is 1.86. The number of ether oxygens (including phenoxy) is 3. The van der Waals surface area contributed by atoms with Gasteiger partial charge in [-0.15, -0.1) is 0 Å². The first kappa shape index (κ1) is 29.3. The van der Waals surface area contributed by atoms with E-state index in [1.807, 2.05) is 39.0 Å². The highest BCUT2D eigenvalue weighted by atomic mass is 19.3. The maximum absolute atomic E-state index is 13.8. The van der Waals surface area contributed by atoms with Crippen molar-refractivity contribution in [2.24, 2.45) is 5.92 Å². The Hall–Kier alpha value is -4.16. The molecule has 2 fully saturated rings. The molecule has 4 heterocycles. The number of rotatable bonds is 7. The second-order valence-electron chi connectivity index (χ2n) is 11.5. The lowest BCUT2D eigenvalue weighted by molar-refractivity contribution is -0.119. The van der Waals surface area contributed by atoms with Gasteiger partial charge in [-0.25, -0.2) is 14.8 Å². The van der Waals surface area contributed by atoms with Crippen LogP contribution in [0.4, 0.5) is 19.3 Å². The van der Waals surface area contributed by atoms with E-state index in [1.165, 1.54) is 0 Å². The van der Waals surface area contributed by atoms with Crippen molar-refractivity contribution in [2.45, 2.75) is 52.4 Å². The molecule has 2 amide bonds. The Balaban J connectivity index is 1.41. The van der Waals surface area contributed by atoms with Gasteiger partial charge in [0.2, 0.25) is 11.8 Å². The zero-order valence-corrected chi connectivity index (χ0v) is 24.4. The molecule has 13 heteroatoms. The minimum absolute atomic E-state index is 0.0217. The molecule has 3 aromatic rings. The number of pyridine rings is 1. The van der Waals surface area contributed by atoms with Gasteiger partial charge in [0.25, 0.3) is 0 Å². The lowest BCUT2D eigenvalue weighted by Gasteiger charge is -2.37. The van der Waals surface area contributed by atoms with Crippen LogP contribution >= 0.6 is 0 Å². The fourth-order valence-electron chi connectivity index (χ4n) is 5.19. The van der Waals surface area contributed by atoms with Gasteiger partial charge < -0.3 is 29.3 Å². The summed E-state index contributed by atoms with van der Waals surface area (Å²) in [5, 5.41) is 2.78. The van der Waals surface area contributed by atoms with Crippen LogP contribution in [0.2, 0.25) is 0 Å². The van der Waals surface area contributed by atoms with Crippen molar-refractivity contribution in [3.05, 3.63) is 30.6 Å². The first-order chi connectivity index (χ1) is 19.9. The Morgan fingerprint density at radius 1 is 1.14 bits per heavy atom. The molecule has 2 aliphatic rings. The molecule has 0 aliphatic carbocycles. The van der Waals surface area contributed by atoms with Gasteiger partial charge in [0.05, 0.1) is 24.0 Å². The molecule has 2 saturated heterocycles. The van der Waals surface area contributed by atoms with Crippen LogP contribution in [0.15, 0.2) is 30.6 Å². The Labute approximate surface area is 242 Å². The maximum Gasteiger partial charge on any atom is 0.410 e. The summed E-state index contributed by atoms with van der Waals surface area (Å²) in [7, 11) is 1.58. The molecule has 2 aromatic heterocycles. The van der Waals surface area contributed by atoms with Gasteiger partial charge in [0, 0.05) is 50.6 Å². The van der Waals surface area contributed by atoms with Crippen LogP contribution in [0.3, 0.4) is 0 Å². The number of aromatic nitrogens is 3. The van der Waals surface area contributed by atoms with Crippen LogP contribution in [0.5, 0.6) is 11.6 Å². The van der Waals surface area contributed by atoms with E-state index >= 15 is 0 Å². The number of hydrogen-bond acceptors (Lipinski definition) is 8. The topological polar surface area (TPSA) is 111 Å². The second-order valence-corrected chi connectivity index (χ2v) is 11.5. The summed E-state index contributed by atoms with van der Waals surface area (Å²) < 4.78 is 45.7. The van der Waals surface area contributed by atoms with Crippen molar-refractivity contribution in [3.63, 3.8) is 0 Å². The van der Waals surface area contributed by atoms with Gasteiger partial charge in [-0.05, 0) is 45.9 Å². The molecule has 1 N–H and O–H groups in total. The van der Waals surface area contributed by atoms with Gasteiger partial charge >= 0.3 is 12.6 Å². The highest BCUT2D eigenvalue weighted by Crippen LogP contribution is 2.37. The minimum Gasteiger partial charge on any atom is -0.495 e. The van der Waals surface area contributed by atoms with Gasteiger partial charge in [0.1, 0.15) is 29.3 Å². The molecule has 1 unspecified atom stereocenters. The van der Waals surface area contributed by atoms with Gasteiger partial charge in [-0.2, -0.15) is 8.78 Å². The van der Waals surface area contributed by atoms with Gasteiger partial charge in [0.15, 0.2) is 0 Å².